The maximum atomic E-state index is 3.73. The summed E-state index contributed by atoms with van der Waals surface area (Å²) >= 11 is 0. The highest BCUT2D eigenvalue weighted by atomic mass is 15.1. The lowest BCUT2D eigenvalue weighted by atomic mass is 10.3. The molecule has 2 heteroatoms. The molecule has 0 spiro atoms. The smallest absolute Gasteiger partial charge is 0.0997 e. The van der Waals surface area contributed by atoms with Crippen LogP contribution in [-0.2, 0) is 0 Å². The van der Waals surface area contributed by atoms with Gasteiger partial charge in [0.1, 0.15) is 0 Å². The minimum atomic E-state index is 0.835. The van der Waals surface area contributed by atoms with E-state index in [0.717, 1.165) is 17.9 Å². The molecule has 0 amide bonds. The van der Waals surface area contributed by atoms with Crippen molar-refractivity contribution in [1.29, 1.82) is 0 Å². The summed E-state index contributed by atoms with van der Waals surface area (Å²) in [5.74, 6) is 0.835. The monoisotopic (exact) mass is 136 g/mol. The molecule has 0 unspecified atom stereocenters. The van der Waals surface area contributed by atoms with Gasteiger partial charge in [0.05, 0.1) is 5.82 Å². The molecule has 1 rings (SSSR count). The van der Waals surface area contributed by atoms with Crippen molar-refractivity contribution in [3.05, 3.63) is 36.4 Å². The molecule has 0 saturated carbocycles. The molecule has 10 heavy (non-hydrogen) atoms. The van der Waals surface area contributed by atoms with Crippen LogP contribution < -0.4 is 10.6 Å². The minimum absolute atomic E-state index is 0.835. The third-order valence-electron chi connectivity index (χ3n) is 1.24. The molecule has 54 valence electrons. The van der Waals surface area contributed by atoms with Crippen molar-refractivity contribution >= 4 is 0 Å². The van der Waals surface area contributed by atoms with Crippen LogP contribution in [0.15, 0.2) is 36.4 Å². The third kappa shape index (κ3) is 1.65. The van der Waals surface area contributed by atoms with Crippen LogP contribution in [0, 0.1) is 0 Å². The molecule has 0 fully saturated rings. The van der Waals surface area contributed by atoms with E-state index in [4.69, 9.17) is 0 Å². The van der Waals surface area contributed by atoms with Crippen molar-refractivity contribution in [3.8, 4) is 0 Å². The lowest BCUT2D eigenvalue weighted by Gasteiger charge is -2.14. The lowest BCUT2D eigenvalue weighted by Crippen LogP contribution is -2.24. The minimum Gasteiger partial charge on any atom is -0.349 e. The molecule has 0 bridgehead atoms. The topological polar surface area (TPSA) is 24.1 Å². The zero-order chi connectivity index (χ0) is 7.40. The van der Waals surface area contributed by atoms with Gasteiger partial charge in [0.2, 0.25) is 0 Å². The molecule has 2 N–H and O–H groups in total. The van der Waals surface area contributed by atoms with E-state index >= 15 is 0 Å². The first-order chi connectivity index (χ1) is 4.83. The highest BCUT2D eigenvalue weighted by molar-refractivity contribution is 5.24. The van der Waals surface area contributed by atoms with Crippen molar-refractivity contribution in [2.45, 2.75) is 13.3 Å². The second-order valence-corrected chi connectivity index (χ2v) is 2.15. The summed E-state index contributed by atoms with van der Waals surface area (Å²) in [6.45, 7) is 5.84. The molecule has 1 heterocycles. The van der Waals surface area contributed by atoms with Crippen LogP contribution in [0.3, 0.4) is 0 Å². The first-order valence-corrected chi connectivity index (χ1v) is 3.42. The Balaban J connectivity index is 2.63. The van der Waals surface area contributed by atoms with Crippen LogP contribution in [-0.4, -0.2) is 0 Å². The molecule has 0 radical (unpaired) electrons. The molecule has 0 aliphatic carbocycles. The first-order valence-electron chi connectivity index (χ1n) is 3.42. The van der Waals surface area contributed by atoms with Crippen molar-refractivity contribution in [2.24, 2.45) is 0 Å². The maximum absolute atomic E-state index is 3.73. The van der Waals surface area contributed by atoms with E-state index in [1.54, 1.807) is 0 Å². The number of hydrogen-bond acceptors (Lipinski definition) is 2. The Hall–Kier alpha value is -1.18. The summed E-state index contributed by atoms with van der Waals surface area (Å²) in [5.41, 5.74) is 1.12. The number of rotatable bonds is 1. The third-order valence-corrected chi connectivity index (χ3v) is 1.24. The van der Waals surface area contributed by atoms with E-state index in [9.17, 15) is 0 Å². The fraction of sp³-hybridized carbons (Fsp3) is 0.250. The molecule has 1 aliphatic heterocycles. The predicted octanol–water partition coefficient (Wildman–Crippen LogP) is 1.46. The number of hydrogen-bond donors (Lipinski definition) is 2. The van der Waals surface area contributed by atoms with Gasteiger partial charge >= 0.3 is 0 Å². The van der Waals surface area contributed by atoms with E-state index in [1.165, 1.54) is 0 Å². The van der Waals surface area contributed by atoms with Gasteiger partial charge in [-0.1, -0.05) is 19.6 Å². The van der Waals surface area contributed by atoms with Gasteiger partial charge in [-0.05, 0) is 12.5 Å². The summed E-state index contributed by atoms with van der Waals surface area (Å²) in [6, 6.07) is 0. The molecular weight excluding hydrogens is 124 g/mol. The summed E-state index contributed by atoms with van der Waals surface area (Å²) < 4.78 is 0. The van der Waals surface area contributed by atoms with E-state index in [2.05, 4.69) is 30.2 Å². The van der Waals surface area contributed by atoms with Gasteiger partial charge in [-0.25, -0.2) is 0 Å². The fourth-order valence-electron chi connectivity index (χ4n) is 0.823. The molecule has 0 saturated heterocycles. The van der Waals surface area contributed by atoms with E-state index < -0.39 is 0 Å². The zero-order valence-electron chi connectivity index (χ0n) is 6.15. The van der Waals surface area contributed by atoms with Crippen LogP contribution in [0.4, 0.5) is 0 Å². The van der Waals surface area contributed by atoms with Gasteiger partial charge in [-0.2, -0.15) is 0 Å². The molecule has 0 atom stereocenters. The summed E-state index contributed by atoms with van der Waals surface area (Å²) in [6.07, 6.45) is 7.01. The Morgan fingerprint density at radius 3 is 3.10 bits per heavy atom. The van der Waals surface area contributed by atoms with Gasteiger partial charge in [0, 0.05) is 11.9 Å². The molecule has 1 aliphatic rings. The fourth-order valence-corrected chi connectivity index (χ4v) is 0.823. The van der Waals surface area contributed by atoms with Crippen molar-refractivity contribution < 1.29 is 0 Å². The average molecular weight is 136 g/mol. The van der Waals surface area contributed by atoms with E-state index in [0.29, 0.717) is 0 Å². The predicted molar refractivity (Wildman–Crippen MR) is 42.9 cm³/mol. The Kier molecular flexibility index (Phi) is 2.15. The van der Waals surface area contributed by atoms with Crippen LogP contribution in [0.1, 0.15) is 13.3 Å². The zero-order valence-corrected chi connectivity index (χ0v) is 6.15. The normalized spacial score (nSPS) is 20.5. The molecule has 2 nitrogen and oxygen atoms in total. The largest absolute Gasteiger partial charge is 0.349 e. The number of allylic oxidation sites excluding steroid dienone is 2. The first kappa shape index (κ1) is 6.93. The van der Waals surface area contributed by atoms with Crippen LogP contribution >= 0.6 is 0 Å². The Morgan fingerprint density at radius 2 is 2.50 bits per heavy atom. The molecule has 0 aromatic carbocycles. The number of nitrogens with one attached hydrogen (secondary N) is 2. The van der Waals surface area contributed by atoms with E-state index in [1.807, 2.05) is 12.3 Å². The molecule has 0 aromatic rings. The highest BCUT2D eigenvalue weighted by Gasteiger charge is 1.97. The van der Waals surface area contributed by atoms with Crippen LogP contribution in [0.2, 0.25) is 0 Å². The summed E-state index contributed by atoms with van der Waals surface area (Å²) in [7, 11) is 0. The standard InChI is InChI=1S/C8H12N2/c1-3-4-8-5-6-9-7(2)10-8/h4-6,9-10H,2-3H2,1H3/b8-4+. The van der Waals surface area contributed by atoms with Crippen molar-refractivity contribution in [2.75, 3.05) is 0 Å². The Morgan fingerprint density at radius 1 is 1.70 bits per heavy atom. The maximum Gasteiger partial charge on any atom is 0.0997 e. The highest BCUT2D eigenvalue weighted by Crippen LogP contribution is 2.00. The average Bonchev–Trinajstić information content (AvgIpc) is 1.88. The summed E-state index contributed by atoms with van der Waals surface area (Å²) in [5, 5.41) is 6.03. The Labute approximate surface area is 61.3 Å². The Bertz CT molecular complexity index is 189. The SMILES string of the molecule is C=C1NC=C/C(=C\CC)N1. The van der Waals surface area contributed by atoms with Crippen LogP contribution in [0.25, 0.3) is 0 Å². The van der Waals surface area contributed by atoms with Gasteiger partial charge in [0.15, 0.2) is 0 Å². The molecular formula is C8H12N2. The van der Waals surface area contributed by atoms with Crippen LogP contribution in [0.5, 0.6) is 0 Å². The second-order valence-electron chi connectivity index (χ2n) is 2.15. The molecule has 0 aromatic heterocycles. The van der Waals surface area contributed by atoms with Gasteiger partial charge in [0.25, 0.3) is 0 Å². The quantitative estimate of drug-likeness (QED) is 0.570. The van der Waals surface area contributed by atoms with Gasteiger partial charge in [-0.3, -0.25) is 0 Å². The van der Waals surface area contributed by atoms with Gasteiger partial charge < -0.3 is 10.6 Å². The van der Waals surface area contributed by atoms with Gasteiger partial charge in [-0.15, -0.1) is 0 Å². The van der Waals surface area contributed by atoms with Crippen molar-refractivity contribution in [3.63, 3.8) is 0 Å². The summed E-state index contributed by atoms with van der Waals surface area (Å²) in [4.78, 5) is 0. The lowest BCUT2D eigenvalue weighted by molar-refractivity contribution is 0.850. The van der Waals surface area contributed by atoms with E-state index in [-0.39, 0.29) is 0 Å². The second kappa shape index (κ2) is 3.11. The van der Waals surface area contributed by atoms with Crippen molar-refractivity contribution in [1.82, 2.24) is 10.6 Å².